The molecule has 1 aromatic rings. The van der Waals surface area contributed by atoms with E-state index in [4.69, 9.17) is 14.6 Å². The molecule has 0 aliphatic rings. The number of rotatable bonds is 9. The van der Waals surface area contributed by atoms with E-state index in [1.807, 2.05) is 45.9 Å². The number of methoxy groups -OCH3 is 1. The van der Waals surface area contributed by atoms with Crippen molar-refractivity contribution in [3.63, 3.8) is 0 Å². The van der Waals surface area contributed by atoms with Gasteiger partial charge in [-0.15, -0.1) is 4.72 Å². The maximum absolute atomic E-state index is 12.1. The molecule has 2 N–H and O–H groups in total. The molecule has 5 nitrogen and oxygen atoms in total. The van der Waals surface area contributed by atoms with Gasteiger partial charge in [-0.2, -0.15) is 0 Å². The van der Waals surface area contributed by atoms with Gasteiger partial charge in [0.05, 0.1) is 19.8 Å². The molecule has 1 rings (SSSR count). The lowest BCUT2D eigenvalue weighted by Crippen LogP contribution is -2.43. The number of hydrogen-bond acceptors (Lipinski definition) is 5. The van der Waals surface area contributed by atoms with Crippen molar-refractivity contribution in [1.29, 1.82) is 0 Å². The van der Waals surface area contributed by atoms with Gasteiger partial charge in [0, 0.05) is 11.4 Å². The van der Waals surface area contributed by atoms with E-state index in [-0.39, 0.29) is 24.0 Å². The van der Waals surface area contributed by atoms with Crippen LogP contribution in [-0.4, -0.2) is 40.8 Å². The van der Waals surface area contributed by atoms with Gasteiger partial charge in [0.15, 0.2) is 11.5 Å². The van der Waals surface area contributed by atoms with Crippen LogP contribution in [0.5, 0.6) is 11.5 Å². The van der Waals surface area contributed by atoms with Crippen LogP contribution in [0.25, 0.3) is 0 Å². The monoisotopic (exact) mass is 343 g/mol. The van der Waals surface area contributed by atoms with Gasteiger partial charge in [-0.25, -0.2) is 0 Å². The van der Waals surface area contributed by atoms with E-state index in [2.05, 4.69) is 4.72 Å². The van der Waals surface area contributed by atoms with Crippen LogP contribution in [0.2, 0.25) is 0 Å². The number of aryl methyl sites for hydroxylation is 1. The zero-order valence-electron chi connectivity index (χ0n) is 14.7. The predicted octanol–water partition coefficient (Wildman–Crippen LogP) is 2.44. The molecule has 6 heteroatoms. The van der Waals surface area contributed by atoms with E-state index >= 15 is 0 Å². The first-order valence-corrected chi connectivity index (χ1v) is 9.01. The lowest BCUT2D eigenvalue weighted by Gasteiger charge is -2.26. The number of ether oxygens (including phenoxy) is 2. The Morgan fingerprint density at radius 3 is 2.57 bits per heavy atom. The normalized spacial score (nSPS) is 14.4. The van der Waals surface area contributed by atoms with Crippen LogP contribution in [0.15, 0.2) is 18.2 Å². The SMILES string of the molecule is COc1cc(CCC(C)N[S+]([O-])C(C)(C)C)ccc1OCCO. The quantitative estimate of drug-likeness (QED) is 0.674. The summed E-state index contributed by atoms with van der Waals surface area (Å²) in [5, 5.41) is 8.82. The highest BCUT2D eigenvalue weighted by atomic mass is 32.2. The summed E-state index contributed by atoms with van der Waals surface area (Å²) in [7, 11) is 1.60. The van der Waals surface area contributed by atoms with Crippen LogP contribution < -0.4 is 14.2 Å². The molecule has 0 aliphatic carbocycles. The summed E-state index contributed by atoms with van der Waals surface area (Å²) in [6.45, 7) is 8.13. The third-order valence-corrected chi connectivity index (χ3v) is 5.04. The Balaban J connectivity index is 2.57. The average molecular weight is 343 g/mol. The molecule has 0 saturated carbocycles. The van der Waals surface area contributed by atoms with Crippen molar-refractivity contribution < 1.29 is 19.1 Å². The number of aliphatic hydroxyl groups excluding tert-OH is 1. The molecule has 0 spiro atoms. The first-order chi connectivity index (χ1) is 10.8. The largest absolute Gasteiger partial charge is 0.598 e. The summed E-state index contributed by atoms with van der Waals surface area (Å²) in [6.07, 6.45) is 1.73. The Bertz CT molecular complexity index is 476. The first kappa shape index (κ1) is 20.1. The standard InChI is InChI=1S/C17H29NO4S/c1-13(18-23(20)17(2,3)4)6-7-14-8-9-15(22-11-10-19)16(12-14)21-5/h8-9,12-13,18-19H,6-7,10-11H2,1-5H3. The van der Waals surface area contributed by atoms with Crippen molar-refractivity contribution in [2.24, 2.45) is 0 Å². The molecule has 23 heavy (non-hydrogen) atoms. The molecular formula is C17H29NO4S. The fourth-order valence-corrected chi connectivity index (χ4v) is 2.78. The highest BCUT2D eigenvalue weighted by molar-refractivity contribution is 7.90. The molecule has 2 unspecified atom stereocenters. The highest BCUT2D eigenvalue weighted by Gasteiger charge is 2.27. The van der Waals surface area contributed by atoms with Crippen LogP contribution in [0, 0.1) is 0 Å². The fourth-order valence-electron chi connectivity index (χ4n) is 1.94. The van der Waals surface area contributed by atoms with Gasteiger partial charge in [-0.3, -0.25) is 0 Å². The Morgan fingerprint density at radius 1 is 1.30 bits per heavy atom. The second kappa shape index (κ2) is 9.37. The maximum Gasteiger partial charge on any atom is 0.161 e. The summed E-state index contributed by atoms with van der Waals surface area (Å²) in [6, 6.07) is 5.95. The third kappa shape index (κ3) is 6.99. The molecule has 0 heterocycles. The average Bonchev–Trinajstić information content (AvgIpc) is 2.50. The van der Waals surface area contributed by atoms with Crippen LogP contribution in [0.3, 0.4) is 0 Å². The predicted molar refractivity (Wildman–Crippen MR) is 94.4 cm³/mol. The maximum atomic E-state index is 12.1. The van der Waals surface area contributed by atoms with Crippen LogP contribution >= 0.6 is 0 Å². The van der Waals surface area contributed by atoms with E-state index in [1.165, 1.54) is 0 Å². The summed E-state index contributed by atoms with van der Waals surface area (Å²) in [5.41, 5.74) is 1.13. The van der Waals surface area contributed by atoms with E-state index in [0.717, 1.165) is 18.4 Å². The zero-order valence-corrected chi connectivity index (χ0v) is 15.5. The van der Waals surface area contributed by atoms with E-state index in [1.54, 1.807) is 7.11 Å². The van der Waals surface area contributed by atoms with Gasteiger partial charge in [-0.1, -0.05) is 6.07 Å². The van der Waals surface area contributed by atoms with Crippen LogP contribution in [0.4, 0.5) is 0 Å². The second-order valence-corrected chi connectivity index (χ2v) is 8.49. The molecule has 2 atom stereocenters. The minimum Gasteiger partial charge on any atom is -0.598 e. The zero-order chi connectivity index (χ0) is 17.5. The van der Waals surface area contributed by atoms with E-state index < -0.39 is 11.4 Å². The van der Waals surface area contributed by atoms with Crippen molar-refractivity contribution in [3.8, 4) is 11.5 Å². The number of hydrogen-bond donors (Lipinski definition) is 2. The van der Waals surface area contributed by atoms with Gasteiger partial charge in [-0.05, 0) is 58.2 Å². The molecule has 0 aliphatic heterocycles. The molecule has 0 aromatic heterocycles. The smallest absolute Gasteiger partial charge is 0.161 e. The van der Waals surface area contributed by atoms with Crippen molar-refractivity contribution in [3.05, 3.63) is 23.8 Å². The third-order valence-electron chi connectivity index (χ3n) is 3.31. The minimum absolute atomic E-state index is 0.0288. The highest BCUT2D eigenvalue weighted by Crippen LogP contribution is 2.28. The van der Waals surface area contributed by atoms with Crippen molar-refractivity contribution in [1.82, 2.24) is 4.72 Å². The Morgan fingerprint density at radius 2 is 2.00 bits per heavy atom. The second-order valence-electron chi connectivity index (χ2n) is 6.50. The number of benzene rings is 1. The molecule has 1 aromatic carbocycles. The topological polar surface area (TPSA) is 73.8 Å². The first-order valence-electron chi connectivity index (χ1n) is 7.86. The molecule has 0 fully saturated rings. The molecule has 132 valence electrons. The van der Waals surface area contributed by atoms with Gasteiger partial charge < -0.3 is 19.1 Å². The summed E-state index contributed by atoms with van der Waals surface area (Å²) >= 11 is -1.06. The Kier molecular flexibility index (Phi) is 8.19. The lowest BCUT2D eigenvalue weighted by atomic mass is 10.1. The molecule has 0 saturated heterocycles. The minimum atomic E-state index is -1.06. The van der Waals surface area contributed by atoms with E-state index in [0.29, 0.717) is 11.5 Å². The Labute approximate surface area is 142 Å². The summed E-state index contributed by atoms with van der Waals surface area (Å²) in [4.78, 5) is 0. The van der Waals surface area contributed by atoms with E-state index in [9.17, 15) is 4.55 Å². The van der Waals surface area contributed by atoms with Crippen molar-refractivity contribution in [2.45, 2.75) is 51.3 Å². The van der Waals surface area contributed by atoms with Gasteiger partial charge >= 0.3 is 0 Å². The van der Waals surface area contributed by atoms with Crippen molar-refractivity contribution in [2.75, 3.05) is 20.3 Å². The summed E-state index contributed by atoms with van der Waals surface area (Å²) in [5.74, 6) is 1.29. The molecule has 0 bridgehead atoms. The lowest BCUT2D eigenvalue weighted by molar-refractivity contribution is 0.196. The number of aliphatic hydroxyl groups is 1. The summed E-state index contributed by atoms with van der Waals surface area (Å²) < 4.78 is 25.7. The van der Waals surface area contributed by atoms with Gasteiger partial charge in [0.25, 0.3) is 0 Å². The molecule has 0 radical (unpaired) electrons. The van der Waals surface area contributed by atoms with Crippen molar-refractivity contribution >= 4 is 11.4 Å². The fraction of sp³-hybridized carbons (Fsp3) is 0.647. The molecule has 0 amide bonds. The number of nitrogens with one attached hydrogen (secondary N) is 1. The van der Waals surface area contributed by atoms with Gasteiger partial charge in [0.2, 0.25) is 0 Å². The van der Waals surface area contributed by atoms with Crippen LogP contribution in [-0.2, 0) is 17.8 Å². The van der Waals surface area contributed by atoms with Gasteiger partial charge in [0.1, 0.15) is 11.4 Å². The molecular weight excluding hydrogens is 314 g/mol. The van der Waals surface area contributed by atoms with Crippen LogP contribution in [0.1, 0.15) is 39.7 Å². The Hall–Kier alpha value is -0.950.